The van der Waals surface area contributed by atoms with E-state index in [-0.39, 0.29) is 6.10 Å². The van der Waals surface area contributed by atoms with E-state index in [1.807, 2.05) is 12.3 Å². The van der Waals surface area contributed by atoms with Crippen molar-refractivity contribution in [2.45, 2.75) is 51.4 Å². The van der Waals surface area contributed by atoms with Gasteiger partial charge in [0.2, 0.25) is 0 Å². The van der Waals surface area contributed by atoms with E-state index in [2.05, 4.69) is 29.0 Å². The molecule has 0 aromatic carbocycles. The van der Waals surface area contributed by atoms with E-state index in [9.17, 15) is 0 Å². The van der Waals surface area contributed by atoms with Gasteiger partial charge in [0.05, 0.1) is 23.8 Å². The average Bonchev–Trinajstić information content (AvgIpc) is 3.24. The maximum atomic E-state index is 6.43. The van der Waals surface area contributed by atoms with Gasteiger partial charge in [0.25, 0.3) is 0 Å². The summed E-state index contributed by atoms with van der Waals surface area (Å²) in [6, 6.07) is 3.05. The Hall–Kier alpha value is -0.840. The zero-order valence-corrected chi connectivity index (χ0v) is 12.9. The fraction of sp³-hybridized carbons (Fsp3) is 0.667. The second-order valence-corrected chi connectivity index (χ2v) is 6.36. The lowest BCUT2D eigenvalue weighted by Gasteiger charge is -2.38. The Morgan fingerprint density at radius 2 is 2.25 bits per heavy atom. The lowest BCUT2D eigenvalue weighted by Crippen LogP contribution is -2.47. The number of anilines is 1. The molecule has 2 atom stereocenters. The first-order valence-corrected chi connectivity index (χ1v) is 7.77. The standard InChI is InChI=1S/C15H22ClN3O/c1-10-9-20-11(2)8-19(10)15-14(16)5-12(7-18-15)6-17-13-3-4-13/h5,7,10-11,13,17H,3-4,6,8-9H2,1-2H3. The number of hydrogen-bond donors (Lipinski definition) is 1. The lowest BCUT2D eigenvalue weighted by molar-refractivity contribution is 0.0340. The van der Waals surface area contributed by atoms with Gasteiger partial charge in [0.1, 0.15) is 5.82 Å². The van der Waals surface area contributed by atoms with Crippen molar-refractivity contribution < 1.29 is 4.74 Å². The first-order valence-electron chi connectivity index (χ1n) is 7.39. The van der Waals surface area contributed by atoms with Crippen LogP contribution >= 0.6 is 11.6 Å². The number of pyridine rings is 1. The van der Waals surface area contributed by atoms with Gasteiger partial charge >= 0.3 is 0 Å². The van der Waals surface area contributed by atoms with Gasteiger partial charge in [-0.1, -0.05) is 11.6 Å². The smallest absolute Gasteiger partial charge is 0.147 e. The minimum absolute atomic E-state index is 0.222. The maximum Gasteiger partial charge on any atom is 0.147 e. The van der Waals surface area contributed by atoms with Crippen LogP contribution in [0.5, 0.6) is 0 Å². The monoisotopic (exact) mass is 295 g/mol. The Morgan fingerprint density at radius 1 is 1.45 bits per heavy atom. The SMILES string of the molecule is CC1CN(c2ncc(CNC3CC3)cc2Cl)C(C)CO1. The summed E-state index contributed by atoms with van der Waals surface area (Å²) < 4.78 is 5.65. The minimum Gasteiger partial charge on any atom is -0.375 e. The van der Waals surface area contributed by atoms with Crippen molar-refractivity contribution in [2.75, 3.05) is 18.1 Å². The van der Waals surface area contributed by atoms with Crippen LogP contribution in [0.4, 0.5) is 5.82 Å². The van der Waals surface area contributed by atoms with E-state index >= 15 is 0 Å². The summed E-state index contributed by atoms with van der Waals surface area (Å²) >= 11 is 6.43. The highest BCUT2D eigenvalue weighted by Crippen LogP contribution is 2.28. The number of morpholine rings is 1. The highest BCUT2D eigenvalue weighted by molar-refractivity contribution is 6.33. The fourth-order valence-corrected chi connectivity index (χ4v) is 2.82. The van der Waals surface area contributed by atoms with Crippen molar-refractivity contribution >= 4 is 17.4 Å². The van der Waals surface area contributed by atoms with Gasteiger partial charge in [0, 0.05) is 25.3 Å². The molecule has 1 saturated carbocycles. The van der Waals surface area contributed by atoms with Crippen LogP contribution in [0.15, 0.2) is 12.3 Å². The molecule has 1 saturated heterocycles. The van der Waals surface area contributed by atoms with Gasteiger partial charge in [-0.25, -0.2) is 4.98 Å². The van der Waals surface area contributed by atoms with E-state index in [0.29, 0.717) is 12.1 Å². The van der Waals surface area contributed by atoms with Crippen LogP contribution in [-0.2, 0) is 11.3 Å². The van der Waals surface area contributed by atoms with E-state index in [4.69, 9.17) is 16.3 Å². The number of halogens is 1. The molecule has 110 valence electrons. The number of hydrogen-bond acceptors (Lipinski definition) is 4. The van der Waals surface area contributed by atoms with Crippen LogP contribution < -0.4 is 10.2 Å². The molecular weight excluding hydrogens is 274 g/mol. The van der Waals surface area contributed by atoms with Crippen molar-refractivity contribution in [3.8, 4) is 0 Å². The van der Waals surface area contributed by atoms with E-state index in [1.54, 1.807) is 0 Å². The van der Waals surface area contributed by atoms with Crippen molar-refractivity contribution in [3.63, 3.8) is 0 Å². The molecule has 3 rings (SSSR count). The van der Waals surface area contributed by atoms with Crippen LogP contribution in [0.3, 0.4) is 0 Å². The normalized spacial score (nSPS) is 26.9. The molecular formula is C15H22ClN3O. The molecule has 0 spiro atoms. The Kier molecular flexibility index (Phi) is 4.15. The summed E-state index contributed by atoms with van der Waals surface area (Å²) in [6.07, 6.45) is 4.74. The second-order valence-electron chi connectivity index (χ2n) is 5.95. The van der Waals surface area contributed by atoms with Gasteiger partial charge in [-0.05, 0) is 38.3 Å². The molecule has 0 bridgehead atoms. The van der Waals surface area contributed by atoms with Gasteiger partial charge in [0.15, 0.2) is 0 Å². The van der Waals surface area contributed by atoms with E-state index in [1.165, 1.54) is 12.8 Å². The molecule has 1 aromatic rings. The molecule has 0 amide bonds. The van der Waals surface area contributed by atoms with Gasteiger partial charge < -0.3 is 15.0 Å². The van der Waals surface area contributed by atoms with Crippen LogP contribution in [0, 0.1) is 0 Å². The Balaban J connectivity index is 1.71. The highest BCUT2D eigenvalue weighted by Gasteiger charge is 2.26. The van der Waals surface area contributed by atoms with Gasteiger partial charge in [-0.15, -0.1) is 0 Å². The Bertz CT molecular complexity index is 478. The van der Waals surface area contributed by atoms with Crippen LogP contribution in [-0.4, -0.2) is 36.3 Å². The molecule has 2 aliphatic rings. The summed E-state index contributed by atoms with van der Waals surface area (Å²) in [5.74, 6) is 0.879. The number of aromatic nitrogens is 1. The number of rotatable bonds is 4. The number of nitrogens with zero attached hydrogens (tertiary/aromatic N) is 2. The first kappa shape index (κ1) is 14.1. The minimum atomic E-state index is 0.222. The molecule has 1 N–H and O–H groups in total. The van der Waals surface area contributed by atoms with Crippen molar-refractivity contribution in [3.05, 3.63) is 22.8 Å². The first-order chi connectivity index (χ1) is 9.63. The average molecular weight is 296 g/mol. The van der Waals surface area contributed by atoms with Gasteiger partial charge in [-0.3, -0.25) is 0 Å². The second kappa shape index (κ2) is 5.88. The lowest BCUT2D eigenvalue weighted by atomic mass is 10.2. The fourth-order valence-electron chi connectivity index (χ4n) is 2.53. The summed E-state index contributed by atoms with van der Waals surface area (Å²) in [7, 11) is 0. The summed E-state index contributed by atoms with van der Waals surface area (Å²) in [5.41, 5.74) is 1.15. The van der Waals surface area contributed by atoms with E-state index < -0.39 is 0 Å². The highest BCUT2D eigenvalue weighted by atomic mass is 35.5. The molecule has 0 radical (unpaired) electrons. The van der Waals surface area contributed by atoms with Crippen LogP contribution in [0.25, 0.3) is 0 Å². The third-order valence-electron chi connectivity index (χ3n) is 3.93. The van der Waals surface area contributed by atoms with Gasteiger partial charge in [-0.2, -0.15) is 0 Å². The molecule has 2 unspecified atom stereocenters. The predicted molar refractivity (Wildman–Crippen MR) is 81.3 cm³/mol. The molecule has 1 aromatic heterocycles. The Labute approximate surface area is 125 Å². The molecule has 20 heavy (non-hydrogen) atoms. The predicted octanol–water partition coefficient (Wildman–Crippen LogP) is 2.60. The van der Waals surface area contributed by atoms with Crippen LogP contribution in [0.2, 0.25) is 5.02 Å². The topological polar surface area (TPSA) is 37.4 Å². The largest absolute Gasteiger partial charge is 0.375 e. The van der Waals surface area contributed by atoms with Crippen LogP contribution in [0.1, 0.15) is 32.3 Å². The summed E-state index contributed by atoms with van der Waals surface area (Å²) in [6.45, 7) is 6.65. The van der Waals surface area contributed by atoms with Crippen molar-refractivity contribution in [1.82, 2.24) is 10.3 Å². The zero-order valence-electron chi connectivity index (χ0n) is 12.1. The zero-order chi connectivity index (χ0) is 14.1. The van der Waals surface area contributed by atoms with Crippen molar-refractivity contribution in [1.29, 1.82) is 0 Å². The molecule has 4 nitrogen and oxygen atoms in total. The summed E-state index contributed by atoms with van der Waals surface area (Å²) in [4.78, 5) is 6.83. The molecule has 1 aliphatic heterocycles. The van der Waals surface area contributed by atoms with E-state index in [0.717, 1.165) is 36.1 Å². The number of ether oxygens (including phenoxy) is 1. The van der Waals surface area contributed by atoms with Crippen molar-refractivity contribution in [2.24, 2.45) is 0 Å². The molecule has 5 heteroatoms. The third-order valence-corrected chi connectivity index (χ3v) is 4.21. The number of nitrogens with one attached hydrogen (secondary N) is 1. The molecule has 2 fully saturated rings. The molecule has 1 aliphatic carbocycles. The third kappa shape index (κ3) is 3.25. The summed E-state index contributed by atoms with van der Waals surface area (Å²) in [5, 5.41) is 4.22. The molecule has 2 heterocycles. The Morgan fingerprint density at radius 3 is 2.95 bits per heavy atom. The maximum absolute atomic E-state index is 6.43. The quantitative estimate of drug-likeness (QED) is 0.926.